The van der Waals surface area contributed by atoms with E-state index >= 15 is 0 Å². The molecular weight excluding hydrogens is 421 g/mol. The van der Waals surface area contributed by atoms with Gasteiger partial charge in [0, 0.05) is 23.3 Å². The first-order valence-corrected chi connectivity index (χ1v) is 9.21. The van der Waals surface area contributed by atoms with Crippen LogP contribution in [0.5, 0.6) is 0 Å². The van der Waals surface area contributed by atoms with Crippen LogP contribution in [-0.4, -0.2) is 32.3 Å². The Hall–Kier alpha value is -0.340. The van der Waals surface area contributed by atoms with Crippen LogP contribution in [0.15, 0.2) is 17.1 Å². The molecule has 6 heteroatoms. The third kappa shape index (κ3) is 8.35. The minimum atomic E-state index is 0. The fourth-order valence-electron chi connectivity index (χ4n) is 2.78. The summed E-state index contributed by atoms with van der Waals surface area (Å²) < 4.78 is 5.98. The second-order valence-corrected chi connectivity index (χ2v) is 7.22. The summed E-state index contributed by atoms with van der Waals surface area (Å²) in [7, 11) is 1.81. The number of ether oxygens (including phenoxy) is 1. The first-order valence-electron chi connectivity index (χ1n) is 8.39. The highest BCUT2D eigenvalue weighted by molar-refractivity contribution is 14.0. The predicted molar refractivity (Wildman–Crippen MR) is 110 cm³/mol. The Morgan fingerprint density at radius 3 is 2.57 bits per heavy atom. The summed E-state index contributed by atoms with van der Waals surface area (Å²) in [5.41, 5.74) is 0. The van der Waals surface area contributed by atoms with E-state index < -0.39 is 0 Å². The number of aryl methyl sites for hydroxylation is 1. The number of hydrogen-bond donors (Lipinski definition) is 2. The van der Waals surface area contributed by atoms with Gasteiger partial charge in [0.25, 0.3) is 0 Å². The molecule has 0 aliphatic heterocycles. The zero-order valence-corrected chi connectivity index (χ0v) is 17.4. The van der Waals surface area contributed by atoms with E-state index in [9.17, 15) is 0 Å². The van der Waals surface area contributed by atoms with E-state index in [-0.39, 0.29) is 24.0 Å². The maximum atomic E-state index is 5.98. The minimum Gasteiger partial charge on any atom is -0.376 e. The number of guanidine groups is 1. The van der Waals surface area contributed by atoms with Gasteiger partial charge in [-0.2, -0.15) is 0 Å². The second-order valence-electron chi connectivity index (χ2n) is 5.85. The number of nitrogens with zero attached hydrogens (tertiary/aromatic N) is 1. The normalized spacial score (nSPS) is 16.5. The Morgan fingerprint density at radius 2 is 1.96 bits per heavy atom. The molecule has 0 saturated heterocycles. The van der Waals surface area contributed by atoms with Crippen molar-refractivity contribution >= 4 is 41.3 Å². The summed E-state index contributed by atoms with van der Waals surface area (Å²) in [5.74, 6) is 0.843. The molecule has 1 aliphatic rings. The molecule has 1 saturated carbocycles. The molecule has 1 aromatic rings. The zero-order chi connectivity index (χ0) is 15.6. The molecule has 1 heterocycles. The Bertz CT molecular complexity index is 456. The van der Waals surface area contributed by atoms with Gasteiger partial charge in [-0.3, -0.25) is 4.99 Å². The predicted octanol–water partition coefficient (Wildman–Crippen LogP) is 4.08. The summed E-state index contributed by atoms with van der Waals surface area (Å²) >= 11 is 1.82. The lowest BCUT2D eigenvalue weighted by molar-refractivity contribution is 0.0468. The maximum Gasteiger partial charge on any atom is 0.191 e. The van der Waals surface area contributed by atoms with E-state index in [2.05, 4.69) is 34.7 Å². The van der Waals surface area contributed by atoms with Crippen molar-refractivity contribution in [2.24, 2.45) is 4.99 Å². The van der Waals surface area contributed by atoms with E-state index in [0.717, 1.165) is 25.7 Å². The molecule has 0 aromatic carbocycles. The molecule has 132 valence electrons. The average Bonchev–Trinajstić information content (AvgIpc) is 2.78. The van der Waals surface area contributed by atoms with Crippen LogP contribution in [-0.2, 0) is 11.3 Å². The molecule has 0 spiro atoms. The highest BCUT2D eigenvalue weighted by Crippen LogP contribution is 2.19. The van der Waals surface area contributed by atoms with Crippen molar-refractivity contribution in [2.75, 3.05) is 20.2 Å². The highest BCUT2D eigenvalue weighted by atomic mass is 127. The minimum absolute atomic E-state index is 0. The molecule has 1 aliphatic carbocycles. The molecule has 0 amide bonds. The number of aliphatic imine (C=N–C) groups is 1. The molecule has 2 rings (SSSR count). The van der Waals surface area contributed by atoms with E-state index in [1.54, 1.807) is 7.05 Å². The molecule has 0 bridgehead atoms. The van der Waals surface area contributed by atoms with Gasteiger partial charge in [-0.25, -0.2) is 0 Å². The third-order valence-electron chi connectivity index (χ3n) is 4.00. The summed E-state index contributed by atoms with van der Waals surface area (Å²) in [6.07, 6.45) is 8.31. The van der Waals surface area contributed by atoms with Crippen molar-refractivity contribution in [1.82, 2.24) is 10.6 Å². The molecule has 2 N–H and O–H groups in total. The van der Waals surface area contributed by atoms with Crippen LogP contribution in [0, 0.1) is 6.92 Å². The lowest BCUT2D eigenvalue weighted by Gasteiger charge is -2.16. The van der Waals surface area contributed by atoms with Gasteiger partial charge in [-0.05, 0) is 31.9 Å². The van der Waals surface area contributed by atoms with Gasteiger partial charge in [-0.1, -0.05) is 25.7 Å². The monoisotopic (exact) mass is 451 g/mol. The molecular formula is C17H30IN3OS. The first-order chi connectivity index (χ1) is 10.8. The van der Waals surface area contributed by atoms with Gasteiger partial charge in [0.2, 0.25) is 0 Å². The van der Waals surface area contributed by atoms with Crippen LogP contribution < -0.4 is 10.6 Å². The lowest BCUT2D eigenvalue weighted by Crippen LogP contribution is -2.38. The van der Waals surface area contributed by atoms with Gasteiger partial charge < -0.3 is 15.4 Å². The molecule has 23 heavy (non-hydrogen) atoms. The quantitative estimate of drug-likeness (QED) is 0.225. The van der Waals surface area contributed by atoms with Gasteiger partial charge >= 0.3 is 0 Å². The second kappa shape index (κ2) is 12.1. The van der Waals surface area contributed by atoms with Crippen LogP contribution in [0.1, 0.15) is 48.3 Å². The van der Waals surface area contributed by atoms with Crippen molar-refractivity contribution in [3.05, 3.63) is 21.9 Å². The largest absolute Gasteiger partial charge is 0.376 e. The van der Waals surface area contributed by atoms with Crippen LogP contribution in [0.4, 0.5) is 0 Å². The lowest BCUT2D eigenvalue weighted by atomic mass is 10.1. The molecule has 4 nitrogen and oxygen atoms in total. The van der Waals surface area contributed by atoms with E-state index in [1.807, 2.05) is 11.3 Å². The standard InChI is InChI=1S/C17H29N3OS.HI/c1-14-9-10-16(22-14)13-20-17(18-2)19-11-12-21-15-7-5-3-4-6-8-15;/h9-10,15H,3-8,11-13H2,1-2H3,(H2,18,19,20);1H. The van der Waals surface area contributed by atoms with Crippen molar-refractivity contribution < 1.29 is 4.74 Å². The molecule has 0 atom stereocenters. The summed E-state index contributed by atoms with van der Waals surface area (Å²) in [5, 5.41) is 6.66. The fourth-order valence-corrected chi connectivity index (χ4v) is 3.61. The summed E-state index contributed by atoms with van der Waals surface area (Å²) in [6, 6.07) is 4.31. The van der Waals surface area contributed by atoms with Crippen molar-refractivity contribution in [1.29, 1.82) is 0 Å². The number of hydrogen-bond acceptors (Lipinski definition) is 3. The van der Waals surface area contributed by atoms with Gasteiger partial charge in [0.15, 0.2) is 5.96 Å². The molecule has 0 unspecified atom stereocenters. The fraction of sp³-hybridized carbons (Fsp3) is 0.706. The maximum absolute atomic E-state index is 5.98. The van der Waals surface area contributed by atoms with Crippen LogP contribution >= 0.6 is 35.3 Å². The van der Waals surface area contributed by atoms with Gasteiger partial charge in [0.05, 0.1) is 19.3 Å². The number of nitrogens with one attached hydrogen (secondary N) is 2. The van der Waals surface area contributed by atoms with Crippen molar-refractivity contribution in [3.8, 4) is 0 Å². The Labute approximate surface area is 161 Å². The van der Waals surface area contributed by atoms with Crippen molar-refractivity contribution in [2.45, 2.75) is 58.1 Å². The smallest absolute Gasteiger partial charge is 0.191 e. The number of halogens is 1. The average molecular weight is 451 g/mol. The van der Waals surface area contributed by atoms with Crippen LogP contribution in [0.2, 0.25) is 0 Å². The van der Waals surface area contributed by atoms with E-state index in [0.29, 0.717) is 6.10 Å². The van der Waals surface area contributed by atoms with Crippen LogP contribution in [0.25, 0.3) is 0 Å². The Balaban J connectivity index is 0.00000264. The van der Waals surface area contributed by atoms with Crippen LogP contribution in [0.3, 0.4) is 0 Å². The number of thiophene rings is 1. The topological polar surface area (TPSA) is 45.7 Å². The highest BCUT2D eigenvalue weighted by Gasteiger charge is 2.12. The van der Waals surface area contributed by atoms with Gasteiger partial charge in [0.1, 0.15) is 0 Å². The first kappa shape index (κ1) is 20.7. The summed E-state index contributed by atoms with van der Waals surface area (Å²) in [6.45, 7) is 4.51. The number of rotatable bonds is 6. The summed E-state index contributed by atoms with van der Waals surface area (Å²) in [4.78, 5) is 6.93. The molecule has 1 aromatic heterocycles. The molecule has 1 fully saturated rings. The SMILES string of the molecule is CN=C(NCCOC1CCCCCC1)NCc1ccc(C)s1.I. The zero-order valence-electron chi connectivity index (χ0n) is 14.3. The van der Waals surface area contributed by atoms with Crippen molar-refractivity contribution in [3.63, 3.8) is 0 Å². The van der Waals surface area contributed by atoms with E-state index in [1.165, 1.54) is 48.3 Å². The molecule has 0 radical (unpaired) electrons. The third-order valence-corrected chi connectivity index (χ3v) is 5.00. The Morgan fingerprint density at radius 1 is 1.22 bits per heavy atom. The van der Waals surface area contributed by atoms with E-state index in [4.69, 9.17) is 4.74 Å². The van der Waals surface area contributed by atoms with Gasteiger partial charge in [-0.15, -0.1) is 35.3 Å². The Kier molecular flexibility index (Phi) is 10.9.